The highest BCUT2D eigenvalue weighted by atomic mass is 31.2. The van der Waals surface area contributed by atoms with Gasteiger partial charge in [0.25, 0.3) is 0 Å². The summed E-state index contributed by atoms with van der Waals surface area (Å²) in [5, 5.41) is 0. The highest BCUT2D eigenvalue weighted by Gasteiger charge is 2.18. The molecule has 1 unspecified atom stereocenters. The summed E-state index contributed by atoms with van der Waals surface area (Å²) in [4.78, 5) is 17.5. The van der Waals surface area contributed by atoms with Gasteiger partial charge < -0.3 is 9.79 Å². The Hall–Kier alpha value is 0.110. The van der Waals surface area contributed by atoms with Crippen LogP contribution in [0.1, 0.15) is 136 Å². The van der Waals surface area contributed by atoms with Crippen molar-refractivity contribution in [1.82, 2.24) is 0 Å². The van der Waals surface area contributed by atoms with Gasteiger partial charge in [0, 0.05) is 0 Å². The summed E-state index contributed by atoms with van der Waals surface area (Å²) in [6.45, 7) is 4.01. The minimum Gasteiger partial charge on any atom is -0.303 e. The lowest BCUT2D eigenvalue weighted by atomic mass is 10.0. The lowest BCUT2D eigenvalue weighted by Crippen LogP contribution is -2.05. The molecule has 0 rings (SSSR count). The van der Waals surface area contributed by atoms with Gasteiger partial charge in [-0.3, -0.25) is 4.52 Å². The Kier molecular flexibility index (Phi) is 19.5. The Labute approximate surface area is 169 Å². The third-order valence-corrected chi connectivity index (χ3v) is 5.92. The molecule has 0 amide bonds. The third-order valence-electron chi connectivity index (χ3n) is 5.28. The molecule has 0 aromatic carbocycles. The SMILES string of the molecule is CCCCCCCCCCCCCCCCCCCCC(C)OP(=O)(O)O. The second-order valence-corrected chi connectivity index (χ2v) is 9.40. The number of hydrogen-bond acceptors (Lipinski definition) is 2. The smallest absolute Gasteiger partial charge is 0.303 e. The Morgan fingerprint density at radius 1 is 0.630 bits per heavy atom. The first-order chi connectivity index (χ1) is 13.0. The van der Waals surface area contributed by atoms with Crippen molar-refractivity contribution in [2.24, 2.45) is 0 Å². The molecule has 0 heterocycles. The molecule has 1 atom stereocenters. The van der Waals surface area contributed by atoms with E-state index in [4.69, 9.17) is 9.79 Å². The quantitative estimate of drug-likeness (QED) is 0.150. The van der Waals surface area contributed by atoms with E-state index in [1.54, 1.807) is 6.92 Å². The van der Waals surface area contributed by atoms with Crippen LogP contribution >= 0.6 is 7.82 Å². The molecule has 0 aliphatic rings. The van der Waals surface area contributed by atoms with Crippen molar-refractivity contribution in [3.63, 3.8) is 0 Å². The van der Waals surface area contributed by atoms with Crippen molar-refractivity contribution >= 4 is 7.82 Å². The molecule has 0 aliphatic heterocycles. The summed E-state index contributed by atoms with van der Waals surface area (Å²) in [6.07, 6.45) is 24.6. The maximum Gasteiger partial charge on any atom is 0.469 e. The maximum absolute atomic E-state index is 10.7. The molecule has 0 aromatic heterocycles. The minimum atomic E-state index is -4.32. The molecule has 0 saturated carbocycles. The first kappa shape index (κ1) is 27.1. The van der Waals surface area contributed by atoms with Crippen LogP contribution < -0.4 is 0 Å². The predicted octanol–water partition coefficient (Wildman–Crippen LogP) is 7.92. The van der Waals surface area contributed by atoms with Crippen molar-refractivity contribution < 1.29 is 18.9 Å². The topological polar surface area (TPSA) is 66.8 Å². The van der Waals surface area contributed by atoms with Crippen molar-refractivity contribution in [1.29, 1.82) is 0 Å². The summed E-state index contributed by atoms with van der Waals surface area (Å²) >= 11 is 0. The lowest BCUT2D eigenvalue weighted by molar-refractivity contribution is 0.136. The lowest BCUT2D eigenvalue weighted by Gasteiger charge is -2.13. The molecule has 0 fully saturated rings. The molecule has 2 N–H and O–H groups in total. The van der Waals surface area contributed by atoms with Crippen LogP contribution in [0.5, 0.6) is 0 Å². The first-order valence-corrected chi connectivity index (χ1v) is 13.2. The van der Waals surface area contributed by atoms with Crippen molar-refractivity contribution in [2.75, 3.05) is 0 Å². The van der Waals surface area contributed by atoms with E-state index in [1.807, 2.05) is 0 Å². The molecule has 5 heteroatoms. The molecule has 4 nitrogen and oxygen atoms in total. The number of rotatable bonds is 21. The van der Waals surface area contributed by atoms with Gasteiger partial charge in [-0.05, 0) is 13.3 Å². The van der Waals surface area contributed by atoms with Gasteiger partial charge in [-0.25, -0.2) is 4.57 Å². The normalized spacial score (nSPS) is 13.2. The number of phosphoric acid groups is 1. The van der Waals surface area contributed by atoms with E-state index in [-0.39, 0.29) is 6.10 Å². The average Bonchev–Trinajstić information content (AvgIpc) is 2.59. The third kappa shape index (κ3) is 24.1. The molecule has 0 aromatic rings. The zero-order chi connectivity index (χ0) is 20.2. The Bertz CT molecular complexity index is 343. The summed E-state index contributed by atoms with van der Waals surface area (Å²) in [6, 6.07) is 0. The number of phosphoric ester groups is 1. The fraction of sp³-hybridized carbons (Fsp3) is 1.00. The Morgan fingerprint density at radius 2 is 0.926 bits per heavy atom. The standard InChI is InChI=1S/C22H47O4P/c1-3-4-5-6-7-8-9-10-11-12-13-14-15-16-17-18-19-20-21-22(2)26-27(23,24)25/h22H,3-21H2,1-2H3,(H2,23,24,25). The van der Waals surface area contributed by atoms with E-state index in [0.717, 1.165) is 19.3 Å². The summed E-state index contributed by atoms with van der Waals surface area (Å²) in [5.74, 6) is 0. The van der Waals surface area contributed by atoms with Gasteiger partial charge in [-0.1, -0.05) is 122 Å². The monoisotopic (exact) mass is 406 g/mol. The molecule has 0 spiro atoms. The van der Waals surface area contributed by atoms with E-state index >= 15 is 0 Å². The van der Waals surface area contributed by atoms with Gasteiger partial charge in [0.15, 0.2) is 0 Å². The molecule has 27 heavy (non-hydrogen) atoms. The van der Waals surface area contributed by atoms with Crippen LogP contribution in [-0.2, 0) is 9.09 Å². The first-order valence-electron chi connectivity index (χ1n) is 11.7. The van der Waals surface area contributed by atoms with E-state index in [0.29, 0.717) is 0 Å². The molecular formula is C22H47O4P. The van der Waals surface area contributed by atoms with Crippen LogP contribution in [-0.4, -0.2) is 15.9 Å². The largest absolute Gasteiger partial charge is 0.469 e. The van der Waals surface area contributed by atoms with Gasteiger partial charge in [0.05, 0.1) is 6.10 Å². The summed E-state index contributed by atoms with van der Waals surface area (Å²) < 4.78 is 15.3. The number of unbranched alkanes of at least 4 members (excludes halogenated alkanes) is 17. The van der Waals surface area contributed by atoms with Gasteiger partial charge in [0.1, 0.15) is 0 Å². The summed E-state index contributed by atoms with van der Waals surface area (Å²) in [5.41, 5.74) is 0. The Morgan fingerprint density at radius 3 is 1.22 bits per heavy atom. The second-order valence-electron chi connectivity index (χ2n) is 8.21. The van der Waals surface area contributed by atoms with Gasteiger partial charge in [-0.15, -0.1) is 0 Å². The van der Waals surface area contributed by atoms with Crippen molar-refractivity contribution in [3.8, 4) is 0 Å². The van der Waals surface area contributed by atoms with Crippen LogP contribution in [0, 0.1) is 0 Å². The number of hydrogen-bond donors (Lipinski definition) is 2. The van der Waals surface area contributed by atoms with Crippen LogP contribution in [0.25, 0.3) is 0 Å². The molecule has 0 radical (unpaired) electrons. The van der Waals surface area contributed by atoms with Gasteiger partial charge in [-0.2, -0.15) is 0 Å². The van der Waals surface area contributed by atoms with Crippen LogP contribution in [0.2, 0.25) is 0 Å². The minimum absolute atomic E-state index is 0.355. The fourth-order valence-corrected chi connectivity index (χ4v) is 4.19. The molecule has 164 valence electrons. The van der Waals surface area contributed by atoms with E-state index in [1.165, 1.54) is 103 Å². The van der Waals surface area contributed by atoms with Gasteiger partial charge in [0.2, 0.25) is 0 Å². The Balaban J connectivity index is 3.12. The van der Waals surface area contributed by atoms with Crippen LogP contribution in [0.4, 0.5) is 0 Å². The van der Waals surface area contributed by atoms with Crippen LogP contribution in [0.15, 0.2) is 0 Å². The second kappa shape index (κ2) is 19.4. The highest BCUT2D eigenvalue weighted by molar-refractivity contribution is 7.46. The zero-order valence-electron chi connectivity index (χ0n) is 18.2. The average molecular weight is 407 g/mol. The van der Waals surface area contributed by atoms with Crippen LogP contribution in [0.3, 0.4) is 0 Å². The van der Waals surface area contributed by atoms with Crippen molar-refractivity contribution in [3.05, 3.63) is 0 Å². The van der Waals surface area contributed by atoms with E-state index < -0.39 is 7.82 Å². The van der Waals surface area contributed by atoms with Gasteiger partial charge >= 0.3 is 7.82 Å². The predicted molar refractivity (Wildman–Crippen MR) is 116 cm³/mol. The molecule has 0 aliphatic carbocycles. The molecular weight excluding hydrogens is 359 g/mol. The maximum atomic E-state index is 10.7. The highest BCUT2D eigenvalue weighted by Crippen LogP contribution is 2.38. The summed E-state index contributed by atoms with van der Waals surface area (Å²) in [7, 11) is -4.32. The zero-order valence-corrected chi connectivity index (χ0v) is 19.1. The fourth-order valence-electron chi connectivity index (χ4n) is 3.62. The van der Waals surface area contributed by atoms with E-state index in [2.05, 4.69) is 11.4 Å². The van der Waals surface area contributed by atoms with E-state index in [9.17, 15) is 4.57 Å². The molecule has 0 saturated heterocycles. The van der Waals surface area contributed by atoms with Crippen molar-refractivity contribution in [2.45, 2.75) is 142 Å². The molecule has 0 bridgehead atoms.